The van der Waals surface area contributed by atoms with Crippen LogP contribution in [-0.2, 0) is 6.18 Å². The molecule has 1 fully saturated rings. The van der Waals surface area contributed by atoms with Gasteiger partial charge in [0.15, 0.2) is 11.6 Å². The van der Waals surface area contributed by atoms with Crippen molar-refractivity contribution in [1.82, 2.24) is 30.0 Å². The number of amides is 2. The van der Waals surface area contributed by atoms with Gasteiger partial charge in [-0.15, -0.1) is 0 Å². The summed E-state index contributed by atoms with van der Waals surface area (Å²) >= 11 is 5.77. The number of nitrogens with zero attached hydrogens (tertiary/aromatic N) is 5. The van der Waals surface area contributed by atoms with Gasteiger partial charge in [-0.05, 0) is 50.1 Å². The van der Waals surface area contributed by atoms with Crippen molar-refractivity contribution in [2.24, 2.45) is 0 Å². The van der Waals surface area contributed by atoms with Crippen molar-refractivity contribution >= 4 is 36.9 Å². The average molecular weight is 527 g/mol. The van der Waals surface area contributed by atoms with E-state index in [0.717, 1.165) is 31.0 Å². The number of benzene rings is 1. The van der Waals surface area contributed by atoms with Crippen LogP contribution in [-0.4, -0.2) is 49.6 Å². The number of alkyl halides is 3. The molecule has 0 radical (unpaired) electrons. The van der Waals surface area contributed by atoms with E-state index in [1.54, 1.807) is 31.0 Å². The van der Waals surface area contributed by atoms with Crippen molar-refractivity contribution in [2.45, 2.75) is 38.0 Å². The normalized spacial score (nSPS) is 14.1. The van der Waals surface area contributed by atoms with E-state index in [2.05, 4.69) is 20.4 Å². The Morgan fingerprint density at radius 3 is 2.49 bits per heavy atom. The molecule has 0 aliphatic heterocycles. The summed E-state index contributed by atoms with van der Waals surface area (Å²) in [4.78, 5) is 35.2. The summed E-state index contributed by atoms with van der Waals surface area (Å²) in [6, 6.07) is 5.41. The van der Waals surface area contributed by atoms with Crippen LogP contribution < -0.4 is 5.32 Å². The molecule has 3 aromatic rings. The van der Waals surface area contributed by atoms with Gasteiger partial charge in [-0.1, -0.05) is 11.6 Å². The zero-order chi connectivity index (χ0) is 24.6. The first-order valence-electron chi connectivity index (χ1n) is 10.4. The smallest absolute Gasteiger partial charge is 0.342 e. The number of carbonyl (C=O) groups excluding carboxylic acids is 2. The third-order valence-corrected chi connectivity index (χ3v) is 5.64. The molecule has 1 atom stereocenters. The van der Waals surface area contributed by atoms with E-state index in [4.69, 9.17) is 11.6 Å². The minimum absolute atomic E-state index is 0. The summed E-state index contributed by atoms with van der Waals surface area (Å²) in [5.74, 6) is -0.220. The second-order valence-corrected chi connectivity index (χ2v) is 8.44. The number of aromatic nitrogens is 4. The zero-order valence-corrected chi connectivity index (χ0v) is 20.4. The molecule has 0 saturated heterocycles. The van der Waals surface area contributed by atoms with Gasteiger partial charge in [0.25, 0.3) is 11.8 Å². The number of halogens is 4. The van der Waals surface area contributed by atoms with Crippen LogP contribution >= 0.6 is 25.1 Å². The molecule has 0 spiro atoms. The number of hydrogen-bond donors (Lipinski definition) is 1. The van der Waals surface area contributed by atoms with Gasteiger partial charge in [-0.25, -0.2) is 9.97 Å². The van der Waals surface area contributed by atoms with Crippen LogP contribution in [0.25, 0.3) is 5.82 Å². The van der Waals surface area contributed by atoms with Crippen molar-refractivity contribution in [1.29, 1.82) is 0 Å². The SMILES string of the molecule is C[C@H](NC(=O)c1cc(Cl)cc(C(F)(F)F)c1)c1ncnn1-c1ccc(C(=O)N(C)C2CC2)cn1.S. The lowest BCUT2D eigenvalue weighted by Gasteiger charge is -2.17. The molecule has 1 aliphatic rings. The Morgan fingerprint density at radius 1 is 1.17 bits per heavy atom. The van der Waals surface area contributed by atoms with Crippen molar-refractivity contribution in [3.8, 4) is 5.82 Å². The van der Waals surface area contributed by atoms with E-state index in [1.165, 1.54) is 17.2 Å². The highest BCUT2D eigenvalue weighted by molar-refractivity contribution is 7.59. The highest BCUT2D eigenvalue weighted by atomic mass is 35.5. The molecule has 4 rings (SSSR count). The lowest BCUT2D eigenvalue weighted by atomic mass is 10.1. The first-order valence-corrected chi connectivity index (χ1v) is 10.7. The fourth-order valence-corrected chi connectivity index (χ4v) is 3.66. The molecule has 2 heterocycles. The van der Waals surface area contributed by atoms with Crippen molar-refractivity contribution < 1.29 is 22.8 Å². The first-order chi connectivity index (χ1) is 16.0. The lowest BCUT2D eigenvalue weighted by molar-refractivity contribution is -0.137. The fraction of sp³-hybridized carbons (Fsp3) is 0.318. The molecule has 186 valence electrons. The van der Waals surface area contributed by atoms with Crippen LogP contribution in [0.5, 0.6) is 0 Å². The molecule has 1 N–H and O–H groups in total. The number of rotatable bonds is 6. The molecule has 2 aromatic heterocycles. The number of nitrogens with one attached hydrogen (secondary N) is 1. The number of hydrogen-bond acceptors (Lipinski definition) is 5. The lowest BCUT2D eigenvalue weighted by Crippen LogP contribution is -2.29. The van der Waals surface area contributed by atoms with Gasteiger partial charge in [0.05, 0.1) is 17.2 Å². The molecule has 35 heavy (non-hydrogen) atoms. The van der Waals surface area contributed by atoms with E-state index >= 15 is 0 Å². The van der Waals surface area contributed by atoms with E-state index in [9.17, 15) is 22.8 Å². The summed E-state index contributed by atoms with van der Waals surface area (Å²) < 4.78 is 40.6. The fourth-order valence-electron chi connectivity index (χ4n) is 3.42. The summed E-state index contributed by atoms with van der Waals surface area (Å²) in [5, 5.41) is 6.52. The highest BCUT2D eigenvalue weighted by Crippen LogP contribution is 2.32. The summed E-state index contributed by atoms with van der Waals surface area (Å²) in [7, 11) is 1.76. The number of pyridine rings is 1. The van der Waals surface area contributed by atoms with Crippen LogP contribution in [0.3, 0.4) is 0 Å². The molecule has 8 nitrogen and oxygen atoms in total. The summed E-state index contributed by atoms with van der Waals surface area (Å²) in [6.45, 7) is 1.61. The maximum Gasteiger partial charge on any atom is 0.416 e. The molecule has 0 unspecified atom stereocenters. The molecule has 1 aromatic carbocycles. The average Bonchev–Trinajstić information content (AvgIpc) is 3.53. The van der Waals surface area contributed by atoms with Crippen LogP contribution in [0.2, 0.25) is 5.02 Å². The van der Waals surface area contributed by atoms with Gasteiger partial charge >= 0.3 is 6.18 Å². The van der Waals surface area contributed by atoms with Crippen LogP contribution in [0.4, 0.5) is 13.2 Å². The van der Waals surface area contributed by atoms with Crippen LogP contribution in [0.15, 0.2) is 42.9 Å². The standard InChI is InChI=1S/C22H20ClF3N6O2.H2S/c1-12(30-20(33)14-7-15(22(24,25)26)9-16(23)8-14)19-28-11-29-32(19)18-6-3-13(10-27-18)21(34)31(2)17-4-5-17;/h3,6-12,17H,4-5H2,1-2H3,(H,30,33);1H2/t12-;/m0./s1. The second kappa shape index (κ2) is 10.2. The Bertz CT molecular complexity index is 1230. The number of carbonyl (C=O) groups is 2. The second-order valence-electron chi connectivity index (χ2n) is 8.00. The maximum atomic E-state index is 13.1. The third-order valence-electron chi connectivity index (χ3n) is 5.42. The van der Waals surface area contributed by atoms with Crippen LogP contribution in [0.1, 0.15) is 57.9 Å². The highest BCUT2D eigenvalue weighted by Gasteiger charge is 2.32. The van der Waals surface area contributed by atoms with Gasteiger partial charge in [0.1, 0.15) is 6.33 Å². The topological polar surface area (TPSA) is 93.0 Å². The maximum absolute atomic E-state index is 13.1. The van der Waals surface area contributed by atoms with Crippen molar-refractivity contribution in [3.63, 3.8) is 0 Å². The monoisotopic (exact) mass is 526 g/mol. The molecule has 1 saturated carbocycles. The minimum atomic E-state index is -4.64. The molecule has 13 heteroatoms. The molecule has 2 amide bonds. The van der Waals surface area contributed by atoms with E-state index in [-0.39, 0.29) is 36.0 Å². The molecular formula is C22H22ClF3N6O2S. The molecule has 1 aliphatic carbocycles. The summed E-state index contributed by atoms with van der Waals surface area (Å²) in [5.41, 5.74) is -0.826. The zero-order valence-electron chi connectivity index (χ0n) is 18.7. The third kappa shape index (κ3) is 5.93. The predicted molar refractivity (Wildman–Crippen MR) is 127 cm³/mol. The van der Waals surface area contributed by atoms with Gasteiger partial charge < -0.3 is 10.2 Å². The van der Waals surface area contributed by atoms with Gasteiger partial charge in [-0.3, -0.25) is 9.59 Å². The van der Waals surface area contributed by atoms with Crippen molar-refractivity contribution in [2.75, 3.05) is 7.05 Å². The summed E-state index contributed by atoms with van der Waals surface area (Å²) in [6.07, 6.45) is 0.0494. The Labute approximate surface area is 210 Å². The Hall–Kier alpha value is -3.12. The first kappa shape index (κ1) is 26.5. The molecular weight excluding hydrogens is 505 g/mol. The molecule has 0 bridgehead atoms. The largest absolute Gasteiger partial charge is 0.416 e. The Morgan fingerprint density at radius 2 is 1.89 bits per heavy atom. The van der Waals surface area contributed by atoms with Gasteiger partial charge in [0.2, 0.25) is 0 Å². The van der Waals surface area contributed by atoms with Gasteiger partial charge in [-0.2, -0.15) is 36.4 Å². The van der Waals surface area contributed by atoms with Crippen molar-refractivity contribution in [3.05, 3.63) is 70.4 Å². The Balaban J connectivity index is 0.00000342. The Kier molecular flexibility index (Phi) is 7.75. The van der Waals surface area contributed by atoms with Gasteiger partial charge in [0, 0.05) is 29.9 Å². The minimum Gasteiger partial charge on any atom is -0.342 e. The predicted octanol–water partition coefficient (Wildman–Crippen LogP) is 4.17. The quantitative estimate of drug-likeness (QED) is 0.520. The van der Waals surface area contributed by atoms with E-state index < -0.39 is 23.7 Å². The van der Waals surface area contributed by atoms with Crippen LogP contribution in [0, 0.1) is 0 Å². The van der Waals surface area contributed by atoms with E-state index in [1.807, 2.05) is 0 Å². The van der Waals surface area contributed by atoms with E-state index in [0.29, 0.717) is 17.2 Å².